The fourth-order valence-corrected chi connectivity index (χ4v) is 1.70. The quantitative estimate of drug-likeness (QED) is 0.604. The van der Waals surface area contributed by atoms with Crippen LogP contribution in [0.4, 0.5) is 13.2 Å². The lowest BCUT2D eigenvalue weighted by molar-refractivity contribution is -0.137. The standard InChI is InChI=1S/C14H17F3O/c1-2-3-4-5-13(18)10-11-6-8-12(9-7-11)14(15,16)17/h2,6-9,13,18H,1,3-5,10H2. The van der Waals surface area contributed by atoms with Gasteiger partial charge in [0.2, 0.25) is 0 Å². The van der Waals surface area contributed by atoms with E-state index < -0.39 is 17.8 Å². The van der Waals surface area contributed by atoms with E-state index in [4.69, 9.17) is 0 Å². The van der Waals surface area contributed by atoms with Gasteiger partial charge in [0.05, 0.1) is 11.7 Å². The molecule has 0 aliphatic heterocycles. The Morgan fingerprint density at radius 3 is 2.33 bits per heavy atom. The van der Waals surface area contributed by atoms with Gasteiger partial charge in [-0.2, -0.15) is 13.2 Å². The highest BCUT2D eigenvalue weighted by atomic mass is 19.4. The third-order valence-corrected chi connectivity index (χ3v) is 2.70. The van der Waals surface area contributed by atoms with Gasteiger partial charge in [0.25, 0.3) is 0 Å². The number of aliphatic hydroxyl groups is 1. The van der Waals surface area contributed by atoms with Crippen LogP contribution in [0.5, 0.6) is 0 Å². The van der Waals surface area contributed by atoms with E-state index in [9.17, 15) is 18.3 Å². The molecule has 1 nitrogen and oxygen atoms in total. The third-order valence-electron chi connectivity index (χ3n) is 2.70. The molecule has 1 aromatic carbocycles. The molecule has 18 heavy (non-hydrogen) atoms. The van der Waals surface area contributed by atoms with Crippen LogP contribution in [0.1, 0.15) is 30.4 Å². The van der Waals surface area contributed by atoms with Crippen LogP contribution in [0.2, 0.25) is 0 Å². The molecular formula is C14H17F3O. The third kappa shape index (κ3) is 4.92. The van der Waals surface area contributed by atoms with Gasteiger partial charge >= 0.3 is 6.18 Å². The number of aliphatic hydroxyl groups excluding tert-OH is 1. The van der Waals surface area contributed by atoms with Crippen LogP contribution in [-0.4, -0.2) is 11.2 Å². The molecule has 100 valence electrons. The minimum absolute atomic E-state index is 0.384. The summed E-state index contributed by atoms with van der Waals surface area (Å²) < 4.78 is 37.0. The van der Waals surface area contributed by atoms with Crippen LogP contribution in [0.25, 0.3) is 0 Å². The first-order valence-electron chi connectivity index (χ1n) is 5.88. The summed E-state index contributed by atoms with van der Waals surface area (Å²) in [6, 6.07) is 4.93. The van der Waals surface area contributed by atoms with Gasteiger partial charge in [-0.15, -0.1) is 6.58 Å². The Balaban J connectivity index is 2.50. The number of allylic oxidation sites excluding steroid dienone is 1. The Kier molecular flexibility index (Phi) is 5.41. The topological polar surface area (TPSA) is 20.2 Å². The molecule has 0 aliphatic carbocycles. The first-order chi connectivity index (χ1) is 8.43. The van der Waals surface area contributed by atoms with Crippen molar-refractivity contribution in [3.63, 3.8) is 0 Å². The lowest BCUT2D eigenvalue weighted by Gasteiger charge is -2.11. The SMILES string of the molecule is C=CCCCC(O)Cc1ccc(C(F)(F)F)cc1. The smallest absolute Gasteiger partial charge is 0.393 e. The zero-order valence-electron chi connectivity index (χ0n) is 10.1. The van der Waals surface area contributed by atoms with Crippen molar-refractivity contribution in [2.75, 3.05) is 0 Å². The van der Waals surface area contributed by atoms with Gasteiger partial charge in [0, 0.05) is 0 Å². The molecule has 1 rings (SSSR count). The van der Waals surface area contributed by atoms with Gasteiger partial charge in [0.15, 0.2) is 0 Å². The van der Waals surface area contributed by atoms with Crippen LogP contribution < -0.4 is 0 Å². The molecule has 0 radical (unpaired) electrons. The summed E-state index contributed by atoms with van der Waals surface area (Å²) in [7, 11) is 0. The van der Waals surface area contributed by atoms with E-state index in [1.54, 1.807) is 6.08 Å². The summed E-state index contributed by atoms with van der Waals surface area (Å²) in [6.07, 6.45) is -0.342. The minimum atomic E-state index is -4.30. The van der Waals surface area contributed by atoms with Crippen molar-refractivity contribution in [2.45, 2.75) is 38.0 Å². The summed E-state index contributed by atoms with van der Waals surface area (Å²) >= 11 is 0. The van der Waals surface area contributed by atoms with E-state index >= 15 is 0 Å². The first kappa shape index (κ1) is 14.8. The number of hydrogen-bond acceptors (Lipinski definition) is 1. The van der Waals surface area contributed by atoms with Crippen molar-refractivity contribution in [1.29, 1.82) is 0 Å². The summed E-state index contributed by atoms with van der Waals surface area (Å²) in [5, 5.41) is 9.70. The van der Waals surface area contributed by atoms with Gasteiger partial charge in [-0.25, -0.2) is 0 Å². The van der Waals surface area contributed by atoms with Gasteiger partial charge in [-0.05, 0) is 43.4 Å². The Morgan fingerprint density at radius 2 is 1.83 bits per heavy atom. The molecule has 0 saturated heterocycles. The zero-order valence-corrected chi connectivity index (χ0v) is 10.1. The number of rotatable bonds is 6. The van der Waals surface area contributed by atoms with Gasteiger partial charge in [0.1, 0.15) is 0 Å². The zero-order chi connectivity index (χ0) is 13.6. The predicted molar refractivity (Wildman–Crippen MR) is 65.2 cm³/mol. The Bertz CT molecular complexity index is 368. The fraction of sp³-hybridized carbons (Fsp3) is 0.429. The summed E-state index contributed by atoms with van der Waals surface area (Å²) in [5.74, 6) is 0. The summed E-state index contributed by atoms with van der Waals surface area (Å²) in [4.78, 5) is 0. The Hall–Kier alpha value is -1.29. The van der Waals surface area contributed by atoms with E-state index in [0.717, 1.165) is 25.0 Å². The van der Waals surface area contributed by atoms with Gasteiger partial charge in [-0.3, -0.25) is 0 Å². The fourth-order valence-electron chi connectivity index (χ4n) is 1.70. The van der Waals surface area contributed by atoms with Crippen molar-refractivity contribution in [3.05, 3.63) is 48.0 Å². The highest BCUT2D eigenvalue weighted by molar-refractivity contribution is 5.25. The number of halogens is 3. The number of alkyl halides is 3. The average molecular weight is 258 g/mol. The second-order valence-corrected chi connectivity index (χ2v) is 4.27. The van der Waals surface area contributed by atoms with Crippen molar-refractivity contribution in [3.8, 4) is 0 Å². The van der Waals surface area contributed by atoms with E-state index in [1.807, 2.05) is 0 Å². The molecule has 0 aliphatic rings. The number of hydrogen-bond donors (Lipinski definition) is 1. The lowest BCUT2D eigenvalue weighted by Crippen LogP contribution is -2.11. The first-order valence-corrected chi connectivity index (χ1v) is 5.88. The highest BCUT2D eigenvalue weighted by Gasteiger charge is 2.29. The normalized spacial score (nSPS) is 13.3. The molecule has 0 heterocycles. The largest absolute Gasteiger partial charge is 0.416 e. The van der Waals surface area contributed by atoms with Crippen LogP contribution in [0, 0.1) is 0 Å². The molecule has 0 bridgehead atoms. The Morgan fingerprint density at radius 1 is 1.22 bits per heavy atom. The van der Waals surface area contributed by atoms with Crippen LogP contribution in [0.15, 0.2) is 36.9 Å². The molecule has 0 fully saturated rings. The summed E-state index contributed by atoms with van der Waals surface area (Å²) in [6.45, 7) is 3.59. The minimum Gasteiger partial charge on any atom is -0.393 e. The molecule has 1 N–H and O–H groups in total. The maximum absolute atomic E-state index is 12.3. The Labute approximate surface area is 105 Å². The molecule has 0 aromatic heterocycles. The van der Waals surface area contributed by atoms with Crippen molar-refractivity contribution in [2.24, 2.45) is 0 Å². The molecule has 0 spiro atoms. The molecule has 1 atom stereocenters. The van der Waals surface area contributed by atoms with Gasteiger partial charge in [-0.1, -0.05) is 18.2 Å². The monoisotopic (exact) mass is 258 g/mol. The van der Waals surface area contributed by atoms with E-state index in [0.29, 0.717) is 18.4 Å². The maximum atomic E-state index is 12.3. The predicted octanol–water partition coefficient (Wildman–Crippen LogP) is 3.97. The van der Waals surface area contributed by atoms with Crippen molar-refractivity contribution >= 4 is 0 Å². The molecule has 0 saturated carbocycles. The van der Waals surface area contributed by atoms with Crippen molar-refractivity contribution in [1.82, 2.24) is 0 Å². The lowest BCUT2D eigenvalue weighted by atomic mass is 10.0. The van der Waals surface area contributed by atoms with Crippen molar-refractivity contribution < 1.29 is 18.3 Å². The molecule has 0 amide bonds. The van der Waals surface area contributed by atoms with Gasteiger partial charge < -0.3 is 5.11 Å². The van der Waals surface area contributed by atoms with E-state index in [1.165, 1.54) is 12.1 Å². The van der Waals surface area contributed by atoms with Crippen LogP contribution in [-0.2, 0) is 12.6 Å². The van der Waals surface area contributed by atoms with Crippen LogP contribution in [0.3, 0.4) is 0 Å². The maximum Gasteiger partial charge on any atom is 0.416 e. The van der Waals surface area contributed by atoms with Crippen LogP contribution >= 0.6 is 0 Å². The molecule has 1 aromatic rings. The molecular weight excluding hydrogens is 241 g/mol. The second kappa shape index (κ2) is 6.59. The van der Waals surface area contributed by atoms with E-state index in [2.05, 4.69) is 6.58 Å². The highest BCUT2D eigenvalue weighted by Crippen LogP contribution is 2.29. The number of benzene rings is 1. The second-order valence-electron chi connectivity index (χ2n) is 4.27. The van der Waals surface area contributed by atoms with E-state index in [-0.39, 0.29) is 0 Å². The number of unbranched alkanes of at least 4 members (excludes halogenated alkanes) is 1. The average Bonchev–Trinajstić information content (AvgIpc) is 2.29. The molecule has 4 heteroatoms. The summed E-state index contributed by atoms with van der Waals surface area (Å²) in [5.41, 5.74) is 0.0569. The molecule has 1 unspecified atom stereocenters.